The monoisotopic (exact) mass is 301 g/mol. The Hall–Kier alpha value is -2.07. The Morgan fingerprint density at radius 1 is 1.33 bits per heavy atom. The second kappa shape index (κ2) is 5.37. The highest BCUT2D eigenvalue weighted by Crippen LogP contribution is 2.24. The van der Waals surface area contributed by atoms with Gasteiger partial charge in [-0.2, -0.15) is 5.10 Å². The van der Waals surface area contributed by atoms with Crippen LogP contribution < -0.4 is 0 Å². The topological polar surface area (TPSA) is 39.8 Å². The number of hydrogen-bond acceptors (Lipinski definition) is 2. The Balaban J connectivity index is 2.08. The number of benzene rings is 1. The number of nitrogens with zero attached hydrogens (tertiary/aromatic N) is 3. The van der Waals surface area contributed by atoms with E-state index in [0.29, 0.717) is 17.1 Å². The third-order valence-corrected chi connectivity index (χ3v) is 4.20. The third kappa shape index (κ3) is 2.36. The summed E-state index contributed by atoms with van der Waals surface area (Å²) in [5, 5.41) is 6.26. The molecule has 0 saturated carbocycles. The Morgan fingerprint density at radius 2 is 2.14 bits per heavy atom. The van der Waals surface area contributed by atoms with Crippen LogP contribution in [0.1, 0.15) is 28.7 Å². The summed E-state index contributed by atoms with van der Waals surface area (Å²) in [6.07, 6.45) is 2.88. The van der Waals surface area contributed by atoms with Crippen molar-refractivity contribution < 1.29 is 4.79 Å². The first-order valence-corrected chi connectivity index (χ1v) is 7.27. The molecule has 5 heteroatoms. The molecule has 0 aliphatic heterocycles. The van der Waals surface area contributed by atoms with Crippen LogP contribution in [0.25, 0.3) is 10.9 Å². The molecule has 1 aromatic carbocycles. The molecule has 2 aromatic heterocycles. The van der Waals surface area contributed by atoms with Crippen molar-refractivity contribution in [2.24, 2.45) is 0 Å². The van der Waals surface area contributed by atoms with Crippen molar-refractivity contribution in [2.75, 3.05) is 0 Å². The van der Waals surface area contributed by atoms with Gasteiger partial charge in [0.05, 0.1) is 23.0 Å². The van der Waals surface area contributed by atoms with Gasteiger partial charge in [-0.15, -0.1) is 0 Å². The van der Waals surface area contributed by atoms with Crippen LogP contribution in [0.2, 0.25) is 5.02 Å². The molecule has 0 aliphatic rings. The first-order chi connectivity index (χ1) is 10.1. The lowest BCUT2D eigenvalue weighted by molar-refractivity contribution is 0.112. The molecule has 0 amide bonds. The average molecular weight is 302 g/mol. The number of aryl methyl sites for hydroxylation is 2. The quantitative estimate of drug-likeness (QED) is 0.690. The van der Waals surface area contributed by atoms with Crippen LogP contribution in [-0.4, -0.2) is 20.6 Å². The molecule has 108 valence electrons. The van der Waals surface area contributed by atoms with Gasteiger partial charge in [-0.05, 0) is 31.4 Å². The molecule has 0 unspecified atom stereocenters. The number of hydrogen-bond donors (Lipinski definition) is 0. The average Bonchev–Trinajstić information content (AvgIpc) is 3.02. The minimum atomic E-state index is 0.638. The van der Waals surface area contributed by atoms with Gasteiger partial charge in [-0.3, -0.25) is 9.48 Å². The third-order valence-electron chi connectivity index (χ3n) is 3.71. The maximum Gasteiger partial charge on any atom is 0.150 e. The van der Waals surface area contributed by atoms with E-state index >= 15 is 0 Å². The van der Waals surface area contributed by atoms with Crippen LogP contribution in [0, 0.1) is 6.92 Å². The maximum absolute atomic E-state index is 11.0. The standard InChI is InChI=1S/C16H16ClN3O/c1-3-20-15(16(17)11(2)18-20)9-19-7-6-13-5-4-12(10-21)8-14(13)19/h4-8,10H,3,9H2,1-2H3. The number of halogens is 1. The minimum absolute atomic E-state index is 0.638. The minimum Gasteiger partial charge on any atom is -0.341 e. The van der Waals surface area contributed by atoms with E-state index in [1.54, 1.807) is 0 Å². The highest BCUT2D eigenvalue weighted by atomic mass is 35.5. The molecular formula is C16H16ClN3O. The van der Waals surface area contributed by atoms with Gasteiger partial charge in [0.15, 0.2) is 0 Å². The molecule has 0 aliphatic carbocycles. The smallest absolute Gasteiger partial charge is 0.150 e. The fourth-order valence-corrected chi connectivity index (χ4v) is 2.79. The molecule has 0 N–H and O–H groups in total. The van der Waals surface area contributed by atoms with E-state index in [4.69, 9.17) is 11.6 Å². The summed E-state index contributed by atoms with van der Waals surface area (Å²) >= 11 is 6.37. The van der Waals surface area contributed by atoms with Gasteiger partial charge in [-0.1, -0.05) is 23.7 Å². The summed E-state index contributed by atoms with van der Waals surface area (Å²) in [6, 6.07) is 7.72. The van der Waals surface area contributed by atoms with Crippen LogP contribution >= 0.6 is 11.6 Å². The highest BCUT2D eigenvalue weighted by Gasteiger charge is 2.14. The number of fused-ring (bicyclic) bond motifs is 1. The van der Waals surface area contributed by atoms with E-state index in [9.17, 15) is 4.79 Å². The summed E-state index contributed by atoms with van der Waals surface area (Å²) < 4.78 is 4.02. The Morgan fingerprint density at radius 3 is 2.86 bits per heavy atom. The molecule has 0 atom stereocenters. The number of aromatic nitrogens is 3. The number of aldehydes is 1. The van der Waals surface area contributed by atoms with E-state index in [-0.39, 0.29) is 0 Å². The SMILES string of the molecule is CCn1nc(C)c(Cl)c1Cn1ccc2ccc(C=O)cc21. The summed E-state index contributed by atoms with van der Waals surface area (Å²) in [6.45, 7) is 5.38. The number of carbonyl (C=O) groups excluding carboxylic acids is 1. The first-order valence-electron chi connectivity index (χ1n) is 6.90. The van der Waals surface area contributed by atoms with E-state index in [2.05, 4.69) is 9.67 Å². The van der Waals surface area contributed by atoms with Crippen molar-refractivity contribution in [1.29, 1.82) is 0 Å². The number of rotatable bonds is 4. The van der Waals surface area contributed by atoms with Crippen LogP contribution in [0.15, 0.2) is 30.5 Å². The Labute approximate surface area is 127 Å². The lowest BCUT2D eigenvalue weighted by Crippen LogP contribution is -2.07. The molecule has 21 heavy (non-hydrogen) atoms. The van der Waals surface area contributed by atoms with Gasteiger partial charge in [0.25, 0.3) is 0 Å². The summed E-state index contributed by atoms with van der Waals surface area (Å²) in [4.78, 5) is 11.0. The Bertz CT molecular complexity index is 816. The molecule has 0 radical (unpaired) electrons. The number of carbonyl (C=O) groups is 1. The molecule has 4 nitrogen and oxygen atoms in total. The van der Waals surface area contributed by atoms with Gasteiger partial charge < -0.3 is 4.57 Å². The first kappa shape index (κ1) is 13.9. The van der Waals surface area contributed by atoms with E-state index < -0.39 is 0 Å². The zero-order chi connectivity index (χ0) is 15.0. The molecule has 2 heterocycles. The summed E-state index contributed by atoms with van der Waals surface area (Å²) in [5.74, 6) is 0. The molecular weight excluding hydrogens is 286 g/mol. The molecule has 0 fully saturated rings. The van der Waals surface area contributed by atoms with E-state index in [1.165, 1.54) is 0 Å². The van der Waals surface area contributed by atoms with Crippen LogP contribution in [0.5, 0.6) is 0 Å². The normalized spacial score (nSPS) is 11.2. The molecule has 0 saturated heterocycles. The van der Waals surface area contributed by atoms with Crippen molar-refractivity contribution in [3.8, 4) is 0 Å². The van der Waals surface area contributed by atoms with Crippen molar-refractivity contribution in [3.63, 3.8) is 0 Å². The van der Waals surface area contributed by atoms with Gasteiger partial charge in [0.2, 0.25) is 0 Å². The van der Waals surface area contributed by atoms with Crippen LogP contribution in [0.3, 0.4) is 0 Å². The van der Waals surface area contributed by atoms with Gasteiger partial charge >= 0.3 is 0 Å². The zero-order valence-corrected chi connectivity index (χ0v) is 12.8. The molecule has 0 bridgehead atoms. The predicted molar refractivity (Wildman–Crippen MR) is 84.1 cm³/mol. The molecule has 3 rings (SSSR count). The second-order valence-corrected chi connectivity index (χ2v) is 5.42. The van der Waals surface area contributed by atoms with Gasteiger partial charge in [0.1, 0.15) is 6.29 Å². The van der Waals surface area contributed by atoms with Crippen LogP contribution in [0.4, 0.5) is 0 Å². The lowest BCUT2D eigenvalue weighted by Gasteiger charge is -2.08. The molecule has 0 spiro atoms. The second-order valence-electron chi connectivity index (χ2n) is 5.04. The van der Waals surface area contributed by atoms with Gasteiger partial charge in [-0.25, -0.2) is 0 Å². The summed E-state index contributed by atoms with van der Waals surface area (Å²) in [7, 11) is 0. The van der Waals surface area contributed by atoms with Crippen molar-refractivity contribution >= 4 is 28.8 Å². The van der Waals surface area contributed by atoms with E-state index in [0.717, 1.165) is 35.1 Å². The maximum atomic E-state index is 11.0. The largest absolute Gasteiger partial charge is 0.341 e. The highest BCUT2D eigenvalue weighted by molar-refractivity contribution is 6.31. The van der Waals surface area contributed by atoms with Crippen LogP contribution in [-0.2, 0) is 13.1 Å². The van der Waals surface area contributed by atoms with E-state index in [1.807, 2.05) is 49.0 Å². The van der Waals surface area contributed by atoms with Crippen molar-refractivity contribution in [2.45, 2.75) is 26.9 Å². The zero-order valence-electron chi connectivity index (χ0n) is 12.0. The fraction of sp³-hybridized carbons (Fsp3) is 0.250. The van der Waals surface area contributed by atoms with Gasteiger partial charge in [0, 0.05) is 23.8 Å². The summed E-state index contributed by atoms with van der Waals surface area (Å²) in [5.41, 5.74) is 3.54. The van der Waals surface area contributed by atoms with Crippen molar-refractivity contribution in [1.82, 2.24) is 14.3 Å². The lowest BCUT2D eigenvalue weighted by atomic mass is 10.2. The predicted octanol–water partition coefficient (Wildman–Crippen LogP) is 3.68. The fourth-order valence-electron chi connectivity index (χ4n) is 2.59. The Kier molecular flexibility index (Phi) is 3.55. The molecule has 3 aromatic rings. The van der Waals surface area contributed by atoms with Crippen molar-refractivity contribution in [3.05, 3.63) is 52.4 Å².